The monoisotopic (exact) mass is 432 g/mol. The quantitative estimate of drug-likeness (QED) is 0.331. The highest BCUT2D eigenvalue weighted by Crippen LogP contribution is 2.16. The molecule has 3 aromatic rings. The summed E-state index contributed by atoms with van der Waals surface area (Å²) < 4.78 is 18.2. The molecule has 3 rings (SSSR count). The predicted octanol–water partition coefficient (Wildman–Crippen LogP) is 4.33. The van der Waals surface area contributed by atoms with Crippen LogP contribution in [-0.4, -0.2) is 17.8 Å². The summed E-state index contributed by atoms with van der Waals surface area (Å²) in [6.45, 7) is 1.53. The van der Waals surface area contributed by atoms with E-state index in [1.165, 1.54) is 37.3 Å². The summed E-state index contributed by atoms with van der Waals surface area (Å²) in [7, 11) is 0. The molecule has 0 fully saturated rings. The van der Waals surface area contributed by atoms with Crippen molar-refractivity contribution < 1.29 is 23.5 Å². The molecule has 3 aromatic carbocycles. The standard InChI is InChI=1S/C25H21FN2O4/c1-17(29)32-23-10-4-7-20(15-23)25(31)28-22-9-3-6-19(14-22)16-27-24(30)12-11-18-5-2-8-21(26)13-18/h2-15H,16H2,1H3,(H,27,30)(H,28,31)/b12-11+. The van der Waals surface area contributed by atoms with Crippen LogP contribution in [0.25, 0.3) is 6.08 Å². The molecular formula is C25H21FN2O4. The molecule has 0 aliphatic rings. The lowest BCUT2D eigenvalue weighted by molar-refractivity contribution is -0.131. The van der Waals surface area contributed by atoms with E-state index < -0.39 is 5.97 Å². The fraction of sp³-hybridized carbons (Fsp3) is 0.0800. The molecule has 32 heavy (non-hydrogen) atoms. The molecule has 0 bridgehead atoms. The van der Waals surface area contributed by atoms with Gasteiger partial charge in [0.25, 0.3) is 5.91 Å². The number of carbonyl (C=O) groups is 3. The predicted molar refractivity (Wildman–Crippen MR) is 119 cm³/mol. The lowest BCUT2D eigenvalue weighted by atomic mass is 10.1. The van der Waals surface area contributed by atoms with Crippen molar-refractivity contribution in [3.63, 3.8) is 0 Å². The molecule has 0 spiro atoms. The number of carbonyl (C=O) groups excluding carboxylic acids is 3. The van der Waals surface area contributed by atoms with E-state index in [1.54, 1.807) is 48.5 Å². The molecule has 6 nitrogen and oxygen atoms in total. The highest BCUT2D eigenvalue weighted by Gasteiger charge is 2.09. The number of nitrogens with one attached hydrogen (secondary N) is 2. The van der Waals surface area contributed by atoms with Crippen molar-refractivity contribution in [2.45, 2.75) is 13.5 Å². The van der Waals surface area contributed by atoms with Crippen LogP contribution in [0.1, 0.15) is 28.4 Å². The Morgan fingerprint density at radius 2 is 1.75 bits per heavy atom. The van der Waals surface area contributed by atoms with Crippen LogP contribution in [0.4, 0.5) is 10.1 Å². The van der Waals surface area contributed by atoms with Crippen LogP contribution in [-0.2, 0) is 16.1 Å². The van der Waals surface area contributed by atoms with Gasteiger partial charge >= 0.3 is 5.97 Å². The molecule has 0 unspecified atom stereocenters. The summed E-state index contributed by atoms with van der Waals surface area (Å²) in [5.41, 5.74) is 2.26. The minimum absolute atomic E-state index is 0.248. The number of hydrogen-bond donors (Lipinski definition) is 2. The highest BCUT2D eigenvalue weighted by atomic mass is 19.1. The van der Waals surface area contributed by atoms with Crippen molar-refractivity contribution in [3.8, 4) is 5.75 Å². The summed E-state index contributed by atoms with van der Waals surface area (Å²) >= 11 is 0. The number of esters is 1. The van der Waals surface area contributed by atoms with Crippen molar-refractivity contribution in [2.75, 3.05) is 5.32 Å². The van der Waals surface area contributed by atoms with Gasteiger partial charge in [0.1, 0.15) is 11.6 Å². The summed E-state index contributed by atoms with van der Waals surface area (Å²) in [5, 5.41) is 5.52. The van der Waals surface area contributed by atoms with Gasteiger partial charge in [0, 0.05) is 30.8 Å². The van der Waals surface area contributed by atoms with Gasteiger partial charge in [0.05, 0.1) is 0 Å². The van der Waals surface area contributed by atoms with Gasteiger partial charge in [-0.1, -0.05) is 30.3 Å². The number of hydrogen-bond acceptors (Lipinski definition) is 4. The van der Waals surface area contributed by atoms with Gasteiger partial charge in [-0.15, -0.1) is 0 Å². The zero-order valence-electron chi connectivity index (χ0n) is 17.3. The topological polar surface area (TPSA) is 84.5 Å². The Bertz CT molecular complexity index is 1170. The van der Waals surface area contributed by atoms with E-state index in [1.807, 2.05) is 6.07 Å². The fourth-order valence-electron chi connectivity index (χ4n) is 2.86. The van der Waals surface area contributed by atoms with Crippen LogP contribution in [0.3, 0.4) is 0 Å². The molecule has 162 valence electrons. The number of halogens is 1. The number of anilines is 1. The highest BCUT2D eigenvalue weighted by molar-refractivity contribution is 6.04. The second kappa shape index (κ2) is 10.7. The maximum absolute atomic E-state index is 13.2. The fourth-order valence-corrected chi connectivity index (χ4v) is 2.86. The van der Waals surface area contributed by atoms with E-state index in [-0.39, 0.29) is 29.9 Å². The zero-order valence-corrected chi connectivity index (χ0v) is 17.3. The SMILES string of the molecule is CC(=O)Oc1cccc(C(=O)Nc2cccc(CNC(=O)/C=C/c3cccc(F)c3)c2)c1. The minimum Gasteiger partial charge on any atom is -0.427 e. The van der Waals surface area contributed by atoms with Crippen molar-refractivity contribution in [2.24, 2.45) is 0 Å². The van der Waals surface area contributed by atoms with Gasteiger partial charge in [-0.05, 0) is 59.7 Å². The summed E-state index contributed by atoms with van der Waals surface area (Å²) in [6, 6.07) is 19.3. The number of ether oxygens (including phenoxy) is 1. The molecule has 0 heterocycles. The Morgan fingerprint density at radius 3 is 2.53 bits per heavy atom. The first-order chi connectivity index (χ1) is 15.4. The Morgan fingerprint density at radius 1 is 0.969 bits per heavy atom. The molecule has 0 aliphatic heterocycles. The third-order valence-electron chi connectivity index (χ3n) is 4.29. The second-order valence-corrected chi connectivity index (χ2v) is 6.88. The Hall–Kier alpha value is -4.26. The lowest BCUT2D eigenvalue weighted by Crippen LogP contribution is -2.20. The minimum atomic E-state index is -0.469. The van der Waals surface area contributed by atoms with E-state index >= 15 is 0 Å². The normalized spacial score (nSPS) is 10.6. The second-order valence-electron chi connectivity index (χ2n) is 6.88. The van der Waals surface area contributed by atoms with E-state index in [4.69, 9.17) is 4.74 Å². The molecule has 0 saturated carbocycles. The van der Waals surface area contributed by atoms with Gasteiger partial charge < -0.3 is 15.4 Å². The number of amides is 2. The molecule has 7 heteroatoms. The smallest absolute Gasteiger partial charge is 0.308 e. The number of benzene rings is 3. The van der Waals surface area contributed by atoms with Crippen molar-refractivity contribution >= 4 is 29.5 Å². The van der Waals surface area contributed by atoms with E-state index in [0.29, 0.717) is 16.8 Å². The zero-order chi connectivity index (χ0) is 22.9. The Kier molecular flexibility index (Phi) is 7.48. The molecule has 0 aliphatic carbocycles. The van der Waals surface area contributed by atoms with Gasteiger partial charge in [0.15, 0.2) is 0 Å². The first-order valence-electron chi connectivity index (χ1n) is 9.79. The summed E-state index contributed by atoms with van der Waals surface area (Å²) in [6.07, 6.45) is 2.86. The average molecular weight is 432 g/mol. The van der Waals surface area contributed by atoms with Gasteiger partial charge in [-0.25, -0.2) is 4.39 Å². The molecular weight excluding hydrogens is 411 g/mol. The molecule has 0 saturated heterocycles. The largest absolute Gasteiger partial charge is 0.427 e. The van der Waals surface area contributed by atoms with Crippen molar-refractivity contribution in [3.05, 3.63) is 101 Å². The van der Waals surface area contributed by atoms with Crippen LogP contribution < -0.4 is 15.4 Å². The van der Waals surface area contributed by atoms with E-state index in [9.17, 15) is 18.8 Å². The van der Waals surface area contributed by atoms with Crippen LogP contribution in [0.2, 0.25) is 0 Å². The van der Waals surface area contributed by atoms with Gasteiger partial charge in [-0.3, -0.25) is 14.4 Å². The lowest BCUT2D eigenvalue weighted by Gasteiger charge is -2.09. The van der Waals surface area contributed by atoms with Crippen LogP contribution in [0.5, 0.6) is 5.75 Å². The Balaban J connectivity index is 1.57. The van der Waals surface area contributed by atoms with Crippen LogP contribution in [0.15, 0.2) is 78.9 Å². The van der Waals surface area contributed by atoms with Crippen molar-refractivity contribution in [1.29, 1.82) is 0 Å². The van der Waals surface area contributed by atoms with E-state index in [0.717, 1.165) is 5.56 Å². The number of rotatable bonds is 7. The summed E-state index contributed by atoms with van der Waals surface area (Å²) in [4.78, 5) is 35.6. The molecule has 0 aromatic heterocycles. The van der Waals surface area contributed by atoms with Crippen LogP contribution >= 0.6 is 0 Å². The maximum Gasteiger partial charge on any atom is 0.308 e. The van der Waals surface area contributed by atoms with Gasteiger partial charge in [-0.2, -0.15) is 0 Å². The first kappa shape index (κ1) is 22.4. The Labute approximate surface area is 184 Å². The third kappa shape index (κ3) is 6.91. The third-order valence-corrected chi connectivity index (χ3v) is 4.29. The van der Waals surface area contributed by atoms with E-state index in [2.05, 4.69) is 10.6 Å². The van der Waals surface area contributed by atoms with Crippen molar-refractivity contribution in [1.82, 2.24) is 5.32 Å². The molecule has 2 amide bonds. The molecule has 0 atom stereocenters. The van der Waals surface area contributed by atoms with Gasteiger partial charge in [0.2, 0.25) is 5.91 Å². The molecule has 0 radical (unpaired) electrons. The summed E-state index contributed by atoms with van der Waals surface area (Å²) in [5.74, 6) is -1.25. The maximum atomic E-state index is 13.2. The average Bonchev–Trinajstić information content (AvgIpc) is 2.76. The molecule has 2 N–H and O–H groups in total. The first-order valence-corrected chi connectivity index (χ1v) is 9.79. The van der Waals surface area contributed by atoms with Crippen LogP contribution in [0, 0.1) is 5.82 Å².